The summed E-state index contributed by atoms with van der Waals surface area (Å²) in [7, 11) is 4.06. The molecule has 1 heterocycles. The Kier molecular flexibility index (Phi) is 7.30. The third-order valence-electron chi connectivity index (χ3n) is 4.66. The van der Waals surface area contributed by atoms with Crippen molar-refractivity contribution < 1.29 is 0 Å². The predicted octanol–water partition coefficient (Wildman–Crippen LogP) is 2.69. The summed E-state index contributed by atoms with van der Waals surface area (Å²) >= 11 is 1.75. The molecule has 2 rings (SSSR count). The van der Waals surface area contributed by atoms with Gasteiger partial charge in [0.25, 0.3) is 0 Å². The molecule has 0 aliphatic heterocycles. The summed E-state index contributed by atoms with van der Waals surface area (Å²) in [6.07, 6.45) is 6.89. The number of hydrogen-bond donors (Lipinski definition) is 2. The Hall–Kier alpha value is -1.14. The Balaban J connectivity index is 1.68. The first kappa shape index (κ1) is 18.2. The molecule has 1 fully saturated rings. The molecular weight excluding hydrogens is 306 g/mol. The highest BCUT2D eigenvalue weighted by Crippen LogP contribution is 2.21. The lowest BCUT2D eigenvalue weighted by Gasteiger charge is -2.31. The van der Waals surface area contributed by atoms with Gasteiger partial charge >= 0.3 is 0 Å². The van der Waals surface area contributed by atoms with E-state index in [1.54, 1.807) is 11.3 Å². The minimum atomic E-state index is 0.734. The first-order valence-electron chi connectivity index (χ1n) is 8.68. The van der Waals surface area contributed by atoms with Crippen molar-refractivity contribution in [3.63, 3.8) is 0 Å². The Bertz CT molecular complexity index is 486. The SMILES string of the molecule is CN=C(NCCN(C)C1CCCCC1)NCc1nc(C)c(C)s1. The van der Waals surface area contributed by atoms with E-state index < -0.39 is 0 Å². The van der Waals surface area contributed by atoms with Gasteiger partial charge in [0.2, 0.25) is 0 Å². The van der Waals surface area contributed by atoms with Gasteiger partial charge in [-0.05, 0) is 33.7 Å². The van der Waals surface area contributed by atoms with Gasteiger partial charge in [-0.25, -0.2) is 4.98 Å². The second-order valence-electron chi connectivity index (χ2n) is 6.37. The van der Waals surface area contributed by atoms with Crippen molar-refractivity contribution in [2.75, 3.05) is 27.2 Å². The van der Waals surface area contributed by atoms with Gasteiger partial charge in [0.15, 0.2) is 5.96 Å². The first-order chi connectivity index (χ1) is 11.1. The maximum atomic E-state index is 4.55. The maximum absolute atomic E-state index is 4.55. The molecule has 0 radical (unpaired) electrons. The van der Waals surface area contributed by atoms with Crippen LogP contribution in [0.5, 0.6) is 0 Å². The van der Waals surface area contributed by atoms with Gasteiger partial charge in [0.1, 0.15) is 5.01 Å². The van der Waals surface area contributed by atoms with Crippen LogP contribution in [0.3, 0.4) is 0 Å². The molecule has 1 aromatic heterocycles. The van der Waals surface area contributed by atoms with Crippen molar-refractivity contribution in [1.29, 1.82) is 0 Å². The highest BCUT2D eigenvalue weighted by molar-refractivity contribution is 7.11. The molecule has 130 valence electrons. The normalized spacial score (nSPS) is 16.8. The number of aryl methyl sites for hydroxylation is 2. The van der Waals surface area contributed by atoms with Gasteiger partial charge < -0.3 is 15.5 Å². The lowest BCUT2D eigenvalue weighted by Crippen LogP contribution is -2.43. The number of likely N-dealkylation sites (N-methyl/N-ethyl adjacent to an activating group) is 1. The Morgan fingerprint density at radius 3 is 2.61 bits per heavy atom. The molecule has 0 aromatic carbocycles. The smallest absolute Gasteiger partial charge is 0.191 e. The Morgan fingerprint density at radius 2 is 2.00 bits per heavy atom. The molecule has 5 nitrogen and oxygen atoms in total. The molecule has 23 heavy (non-hydrogen) atoms. The van der Waals surface area contributed by atoms with Crippen LogP contribution in [0.1, 0.15) is 47.7 Å². The summed E-state index contributed by atoms with van der Waals surface area (Å²) in [5.74, 6) is 0.854. The second-order valence-corrected chi connectivity index (χ2v) is 7.66. The van der Waals surface area contributed by atoms with Crippen molar-refractivity contribution >= 4 is 17.3 Å². The monoisotopic (exact) mass is 337 g/mol. The summed E-state index contributed by atoms with van der Waals surface area (Å²) in [5.41, 5.74) is 1.13. The topological polar surface area (TPSA) is 52.6 Å². The fourth-order valence-corrected chi connectivity index (χ4v) is 3.92. The standard InChI is InChI=1S/C17H31N5S/c1-13-14(2)23-16(21-13)12-20-17(18-3)19-10-11-22(4)15-8-6-5-7-9-15/h15H,5-12H2,1-4H3,(H2,18,19,20). The van der Waals surface area contributed by atoms with Crippen LogP contribution in [0.4, 0.5) is 0 Å². The van der Waals surface area contributed by atoms with E-state index in [4.69, 9.17) is 0 Å². The fourth-order valence-electron chi connectivity index (χ4n) is 3.05. The van der Waals surface area contributed by atoms with Crippen LogP contribution in [0.25, 0.3) is 0 Å². The number of nitrogens with one attached hydrogen (secondary N) is 2. The van der Waals surface area contributed by atoms with Crippen molar-refractivity contribution in [3.8, 4) is 0 Å². The quantitative estimate of drug-likeness (QED) is 0.619. The van der Waals surface area contributed by atoms with Gasteiger partial charge in [0.05, 0.1) is 12.2 Å². The number of rotatable bonds is 6. The highest BCUT2D eigenvalue weighted by Gasteiger charge is 2.17. The molecule has 1 aromatic rings. The highest BCUT2D eigenvalue weighted by atomic mass is 32.1. The van der Waals surface area contributed by atoms with Crippen LogP contribution < -0.4 is 10.6 Å². The number of aliphatic imine (C=N–C) groups is 1. The van der Waals surface area contributed by atoms with Crippen LogP contribution >= 0.6 is 11.3 Å². The molecule has 0 atom stereocenters. The largest absolute Gasteiger partial charge is 0.355 e. The van der Waals surface area contributed by atoms with Gasteiger partial charge in [-0.15, -0.1) is 11.3 Å². The van der Waals surface area contributed by atoms with Crippen LogP contribution in [0.15, 0.2) is 4.99 Å². The average molecular weight is 338 g/mol. The van der Waals surface area contributed by atoms with E-state index in [-0.39, 0.29) is 0 Å². The van der Waals surface area contributed by atoms with Crippen LogP contribution in [0.2, 0.25) is 0 Å². The van der Waals surface area contributed by atoms with Crippen LogP contribution in [-0.4, -0.2) is 49.1 Å². The van der Waals surface area contributed by atoms with Gasteiger partial charge in [-0.3, -0.25) is 4.99 Å². The van der Waals surface area contributed by atoms with Crippen LogP contribution in [-0.2, 0) is 6.54 Å². The molecule has 2 N–H and O–H groups in total. The molecule has 0 spiro atoms. The number of guanidine groups is 1. The van der Waals surface area contributed by atoms with Crippen molar-refractivity contribution in [2.24, 2.45) is 4.99 Å². The summed E-state index contributed by atoms with van der Waals surface area (Å²) < 4.78 is 0. The Morgan fingerprint density at radius 1 is 1.26 bits per heavy atom. The van der Waals surface area contributed by atoms with Crippen LogP contribution in [0, 0.1) is 13.8 Å². The summed E-state index contributed by atoms with van der Waals surface area (Å²) in [5, 5.41) is 7.87. The number of nitrogens with zero attached hydrogens (tertiary/aromatic N) is 3. The van der Waals surface area contributed by atoms with E-state index in [1.165, 1.54) is 37.0 Å². The van der Waals surface area contributed by atoms with E-state index in [1.807, 2.05) is 7.05 Å². The molecule has 1 aliphatic rings. The summed E-state index contributed by atoms with van der Waals surface area (Å²) in [6.45, 7) is 6.88. The first-order valence-corrected chi connectivity index (χ1v) is 9.49. The molecular formula is C17H31N5S. The minimum Gasteiger partial charge on any atom is -0.355 e. The van der Waals surface area contributed by atoms with E-state index in [9.17, 15) is 0 Å². The molecule has 1 saturated carbocycles. The second kappa shape index (κ2) is 9.23. The molecule has 0 amide bonds. The molecule has 1 aliphatic carbocycles. The summed E-state index contributed by atoms with van der Waals surface area (Å²) in [4.78, 5) is 12.6. The average Bonchev–Trinajstić information content (AvgIpc) is 2.89. The van der Waals surface area contributed by atoms with Crippen molar-refractivity contribution in [2.45, 2.75) is 58.5 Å². The lowest BCUT2D eigenvalue weighted by atomic mass is 9.94. The lowest BCUT2D eigenvalue weighted by molar-refractivity contribution is 0.194. The third kappa shape index (κ3) is 5.77. The van der Waals surface area contributed by atoms with Crippen molar-refractivity contribution in [1.82, 2.24) is 20.5 Å². The van der Waals surface area contributed by atoms with E-state index in [2.05, 4.69) is 46.4 Å². The van der Waals surface area contributed by atoms with E-state index in [0.29, 0.717) is 0 Å². The van der Waals surface area contributed by atoms with E-state index >= 15 is 0 Å². The van der Waals surface area contributed by atoms with Gasteiger partial charge in [-0.1, -0.05) is 19.3 Å². The Labute approximate surface area is 144 Å². The summed E-state index contributed by atoms with van der Waals surface area (Å²) in [6, 6.07) is 0.766. The molecule has 0 bridgehead atoms. The molecule has 0 saturated heterocycles. The van der Waals surface area contributed by atoms with E-state index in [0.717, 1.165) is 42.3 Å². The predicted molar refractivity (Wildman–Crippen MR) is 99.3 cm³/mol. The molecule has 6 heteroatoms. The van der Waals surface area contributed by atoms with Gasteiger partial charge in [0, 0.05) is 31.1 Å². The third-order valence-corrected chi connectivity index (χ3v) is 5.73. The number of thiazole rings is 1. The maximum Gasteiger partial charge on any atom is 0.191 e. The fraction of sp³-hybridized carbons (Fsp3) is 0.765. The number of aromatic nitrogens is 1. The zero-order valence-corrected chi connectivity index (χ0v) is 15.8. The number of hydrogen-bond acceptors (Lipinski definition) is 4. The minimum absolute atomic E-state index is 0.734. The zero-order chi connectivity index (χ0) is 16.7. The van der Waals surface area contributed by atoms with Gasteiger partial charge in [-0.2, -0.15) is 0 Å². The molecule has 0 unspecified atom stereocenters. The van der Waals surface area contributed by atoms with Crippen molar-refractivity contribution in [3.05, 3.63) is 15.6 Å². The zero-order valence-electron chi connectivity index (χ0n) is 15.0.